The zero-order valence-corrected chi connectivity index (χ0v) is 13.9. The van der Waals surface area contributed by atoms with Crippen molar-refractivity contribution in [1.82, 2.24) is 0 Å². The van der Waals surface area contributed by atoms with Crippen LogP contribution < -0.4 is 0 Å². The molecule has 2 heteroatoms. The molecule has 4 aliphatic carbocycles. The third-order valence-corrected chi connectivity index (χ3v) is 7.61. The molecule has 4 unspecified atom stereocenters. The van der Waals surface area contributed by atoms with Crippen molar-refractivity contribution < 1.29 is 5.11 Å². The van der Waals surface area contributed by atoms with E-state index in [-0.39, 0.29) is 6.10 Å². The fourth-order valence-electron chi connectivity index (χ4n) is 6.42. The lowest BCUT2D eigenvalue weighted by Crippen LogP contribution is -2.41. The number of allylic oxidation sites excluding steroid dienone is 3. The predicted octanol–water partition coefficient (Wildman–Crippen LogP) is 4.43. The second kappa shape index (κ2) is 5.55. The Balaban J connectivity index is 1.63. The van der Waals surface area contributed by atoms with Gasteiger partial charge in [-0.3, -0.25) is 0 Å². The molecule has 0 aromatic rings. The van der Waals surface area contributed by atoms with Gasteiger partial charge < -0.3 is 5.11 Å². The molecule has 0 saturated heterocycles. The van der Waals surface area contributed by atoms with Gasteiger partial charge in [0.15, 0.2) is 0 Å². The predicted molar refractivity (Wildman–Crippen MR) is 91.7 cm³/mol. The van der Waals surface area contributed by atoms with Crippen molar-refractivity contribution in [3.8, 4) is 0 Å². The van der Waals surface area contributed by atoms with Gasteiger partial charge in [-0.1, -0.05) is 43.0 Å². The maximum atomic E-state index is 9.96. The maximum Gasteiger partial charge on any atom is 0.0653 e. The van der Waals surface area contributed by atoms with Crippen LogP contribution in [0.4, 0.5) is 0 Å². The van der Waals surface area contributed by atoms with E-state index in [4.69, 9.17) is 7.85 Å². The summed E-state index contributed by atoms with van der Waals surface area (Å²) in [5.41, 5.74) is 3.80. The molecule has 1 N–H and O–H groups in total. The molecule has 3 saturated carbocycles. The van der Waals surface area contributed by atoms with Crippen LogP contribution in [0.5, 0.6) is 0 Å². The number of hydrogen-bond acceptors (Lipinski definition) is 1. The molecule has 0 heterocycles. The van der Waals surface area contributed by atoms with E-state index in [1.807, 2.05) is 0 Å². The normalized spacial score (nSPS) is 47.1. The van der Waals surface area contributed by atoms with Crippen molar-refractivity contribution in [2.24, 2.45) is 29.1 Å². The Morgan fingerprint density at radius 3 is 2.82 bits per heavy atom. The van der Waals surface area contributed by atoms with Crippen LogP contribution in [0, 0.1) is 29.1 Å². The highest BCUT2D eigenvalue weighted by molar-refractivity contribution is 6.08. The molecule has 22 heavy (non-hydrogen) atoms. The molecule has 0 bridgehead atoms. The molecule has 4 rings (SSSR count). The Morgan fingerprint density at radius 2 is 2.00 bits per heavy atom. The minimum Gasteiger partial charge on any atom is -0.393 e. The number of rotatable bonds is 2. The highest BCUT2D eigenvalue weighted by atomic mass is 16.3. The molecule has 0 aromatic heterocycles. The third kappa shape index (κ3) is 2.17. The highest BCUT2D eigenvalue weighted by Crippen LogP contribution is 2.62. The summed E-state index contributed by atoms with van der Waals surface area (Å²) in [4.78, 5) is 0. The third-order valence-electron chi connectivity index (χ3n) is 7.61. The van der Waals surface area contributed by atoms with Crippen LogP contribution in [0.2, 0.25) is 6.32 Å². The zero-order valence-electron chi connectivity index (χ0n) is 13.9. The van der Waals surface area contributed by atoms with Gasteiger partial charge in [0.1, 0.15) is 0 Å². The molecule has 3 fully saturated rings. The molecular formula is C20H29BO. The Labute approximate surface area is 136 Å². The fourth-order valence-corrected chi connectivity index (χ4v) is 6.42. The van der Waals surface area contributed by atoms with Gasteiger partial charge in [-0.2, -0.15) is 0 Å². The average Bonchev–Trinajstić information content (AvgIpc) is 2.84. The first kappa shape index (κ1) is 15.1. The van der Waals surface area contributed by atoms with Crippen LogP contribution in [0.25, 0.3) is 0 Å². The molecular weight excluding hydrogens is 267 g/mol. The Kier molecular flexibility index (Phi) is 3.80. The van der Waals surface area contributed by atoms with Crippen molar-refractivity contribution in [3.05, 3.63) is 23.3 Å². The van der Waals surface area contributed by atoms with E-state index in [1.165, 1.54) is 44.1 Å². The first-order valence-corrected chi connectivity index (χ1v) is 9.42. The van der Waals surface area contributed by atoms with Crippen molar-refractivity contribution in [2.75, 3.05) is 0 Å². The van der Waals surface area contributed by atoms with Crippen molar-refractivity contribution >= 4 is 7.85 Å². The second-order valence-corrected chi connectivity index (χ2v) is 8.51. The van der Waals surface area contributed by atoms with Crippen LogP contribution in [0.3, 0.4) is 0 Å². The minimum atomic E-state index is -0.0910. The number of aliphatic hydroxyl groups is 1. The highest BCUT2D eigenvalue weighted by Gasteiger charge is 2.52. The van der Waals surface area contributed by atoms with E-state index >= 15 is 0 Å². The summed E-state index contributed by atoms with van der Waals surface area (Å²) < 4.78 is 0. The van der Waals surface area contributed by atoms with E-state index in [0.29, 0.717) is 5.41 Å². The summed E-state index contributed by atoms with van der Waals surface area (Å²) in [7, 11) is 5.87. The molecule has 2 radical (unpaired) electrons. The maximum absolute atomic E-state index is 9.96. The van der Waals surface area contributed by atoms with Gasteiger partial charge in [0.05, 0.1) is 14.0 Å². The average molecular weight is 296 g/mol. The van der Waals surface area contributed by atoms with E-state index < -0.39 is 0 Å². The van der Waals surface area contributed by atoms with Crippen molar-refractivity contribution in [3.63, 3.8) is 0 Å². The molecule has 6 atom stereocenters. The summed E-state index contributed by atoms with van der Waals surface area (Å²) in [6.07, 6.45) is 15.4. The zero-order chi connectivity index (χ0) is 15.3. The molecule has 4 aliphatic rings. The molecule has 0 amide bonds. The van der Waals surface area contributed by atoms with E-state index in [9.17, 15) is 5.11 Å². The Morgan fingerprint density at radius 1 is 1.14 bits per heavy atom. The molecule has 0 spiro atoms. The summed E-state index contributed by atoms with van der Waals surface area (Å²) >= 11 is 0. The smallest absolute Gasteiger partial charge is 0.0653 e. The topological polar surface area (TPSA) is 20.2 Å². The van der Waals surface area contributed by atoms with Crippen LogP contribution >= 0.6 is 0 Å². The van der Waals surface area contributed by atoms with E-state index in [2.05, 4.69) is 19.1 Å². The van der Waals surface area contributed by atoms with Gasteiger partial charge in [0.25, 0.3) is 0 Å². The SMILES string of the molecule is [B]CC[C@H]1CCC2C3=CC=C4CC(O)CCC4C3CC[C@@]21C. The van der Waals surface area contributed by atoms with Crippen molar-refractivity contribution in [1.29, 1.82) is 0 Å². The lowest BCUT2D eigenvalue weighted by atomic mass is 9.55. The lowest BCUT2D eigenvalue weighted by Gasteiger charge is -2.50. The first-order chi connectivity index (χ1) is 10.6. The lowest BCUT2D eigenvalue weighted by molar-refractivity contribution is 0.0798. The molecule has 0 aromatic carbocycles. The summed E-state index contributed by atoms with van der Waals surface area (Å²) in [5, 5.41) is 9.96. The van der Waals surface area contributed by atoms with E-state index in [0.717, 1.165) is 42.8 Å². The van der Waals surface area contributed by atoms with Gasteiger partial charge >= 0.3 is 0 Å². The van der Waals surface area contributed by atoms with Crippen LogP contribution in [0.1, 0.15) is 58.3 Å². The fraction of sp³-hybridized carbons (Fsp3) is 0.800. The summed E-state index contributed by atoms with van der Waals surface area (Å²) in [6, 6.07) is 0. The summed E-state index contributed by atoms with van der Waals surface area (Å²) in [5.74, 6) is 3.15. The monoisotopic (exact) mass is 296 g/mol. The van der Waals surface area contributed by atoms with E-state index in [1.54, 1.807) is 5.57 Å². The van der Waals surface area contributed by atoms with Gasteiger partial charge in [-0.15, -0.1) is 0 Å². The van der Waals surface area contributed by atoms with Crippen LogP contribution in [-0.2, 0) is 0 Å². The standard InChI is InChI=1S/C20H29BO/c1-20-10-8-17-16-6-4-15(22)12-13(16)2-5-18(17)19(20)7-3-14(20)9-11-21/h2,5,14-17,19,22H,3-4,6-12H2,1H3/t14-,15?,16?,17?,19?,20-/m1/s1. The Bertz CT molecular complexity index is 508. The van der Waals surface area contributed by atoms with Crippen LogP contribution in [0.15, 0.2) is 23.3 Å². The number of aliphatic hydroxyl groups excluding tert-OH is 1. The molecule has 118 valence electrons. The second-order valence-electron chi connectivity index (χ2n) is 8.51. The minimum absolute atomic E-state index is 0.0910. The van der Waals surface area contributed by atoms with Gasteiger partial charge in [0.2, 0.25) is 0 Å². The summed E-state index contributed by atoms with van der Waals surface area (Å²) in [6.45, 7) is 2.55. The van der Waals surface area contributed by atoms with Crippen molar-refractivity contribution in [2.45, 2.75) is 70.7 Å². The Hall–Kier alpha value is -0.495. The van der Waals surface area contributed by atoms with Gasteiger partial charge in [0, 0.05) is 0 Å². The quantitative estimate of drug-likeness (QED) is 0.747. The first-order valence-electron chi connectivity index (χ1n) is 9.42. The molecule has 0 aliphatic heterocycles. The van der Waals surface area contributed by atoms with Gasteiger partial charge in [-0.25, -0.2) is 0 Å². The number of hydrogen-bond donors (Lipinski definition) is 1. The number of fused-ring (bicyclic) bond motifs is 5. The van der Waals surface area contributed by atoms with Crippen LogP contribution in [-0.4, -0.2) is 19.1 Å². The van der Waals surface area contributed by atoms with Gasteiger partial charge in [-0.05, 0) is 74.0 Å². The largest absolute Gasteiger partial charge is 0.393 e. The molecule has 1 nitrogen and oxygen atoms in total.